The molecule has 3 heterocycles. The fourth-order valence-corrected chi connectivity index (χ4v) is 5.09. The van der Waals surface area contributed by atoms with Gasteiger partial charge in [-0.15, -0.1) is 0 Å². The van der Waals surface area contributed by atoms with Crippen molar-refractivity contribution in [2.45, 2.75) is 117 Å². The predicted molar refractivity (Wildman–Crippen MR) is 135 cm³/mol. The highest BCUT2D eigenvalue weighted by Gasteiger charge is 2.54. The lowest BCUT2D eigenvalue weighted by Gasteiger charge is -2.48. The maximum Gasteiger partial charge on any atom is 0.187 e. The van der Waals surface area contributed by atoms with Gasteiger partial charge in [-0.2, -0.15) is 0 Å². The highest BCUT2D eigenvalue weighted by molar-refractivity contribution is 5.56. The molecule has 0 radical (unpaired) electrons. The number of carbonyl (C=O) groups is 1. The molecular weight excluding hydrogens is 624 g/mol. The van der Waals surface area contributed by atoms with Crippen molar-refractivity contribution < 1.29 is 105 Å². The van der Waals surface area contributed by atoms with Crippen LogP contribution in [-0.2, 0) is 33.2 Å². The molecule has 0 aromatic carbocycles. The highest BCUT2D eigenvalue weighted by atomic mass is 16.8. The van der Waals surface area contributed by atoms with Crippen LogP contribution in [0.1, 0.15) is 0 Å². The molecule has 21 nitrogen and oxygen atoms in total. The highest BCUT2D eigenvalue weighted by Crippen LogP contribution is 2.33. The summed E-state index contributed by atoms with van der Waals surface area (Å²) in [7, 11) is 0. The molecule has 3 rings (SSSR count). The first kappa shape index (κ1) is 38.3. The van der Waals surface area contributed by atoms with Gasteiger partial charge in [0.15, 0.2) is 25.2 Å². The van der Waals surface area contributed by atoms with Crippen molar-refractivity contribution in [2.24, 2.45) is 0 Å². The lowest BCUT2D eigenvalue weighted by atomic mass is 9.96. The van der Waals surface area contributed by atoms with Crippen molar-refractivity contribution in [3.05, 3.63) is 0 Å². The Morgan fingerprint density at radius 3 is 1.44 bits per heavy atom. The fourth-order valence-electron chi connectivity index (χ4n) is 5.09. The van der Waals surface area contributed by atoms with Crippen LogP contribution in [0.4, 0.5) is 0 Å². The first-order valence-corrected chi connectivity index (χ1v) is 13.9. The molecule has 0 amide bonds. The molecule has 0 aromatic rings. The predicted octanol–water partition coefficient (Wildman–Crippen LogP) is -9.91. The number of hydrogen-bond acceptors (Lipinski definition) is 21. The summed E-state index contributed by atoms with van der Waals surface area (Å²) in [5.74, 6) is 0. The van der Waals surface area contributed by atoms with Crippen molar-refractivity contribution in [3.63, 3.8) is 0 Å². The Balaban J connectivity index is 1.72. The van der Waals surface area contributed by atoms with Gasteiger partial charge in [-0.25, -0.2) is 0 Å². The molecule has 3 aliphatic heterocycles. The number of aliphatic hydroxyl groups excluding tert-OH is 14. The summed E-state index contributed by atoms with van der Waals surface area (Å²) in [5, 5.41) is 141. The van der Waals surface area contributed by atoms with Gasteiger partial charge in [0.1, 0.15) is 97.7 Å². The Morgan fingerprint density at radius 1 is 0.578 bits per heavy atom. The molecule has 21 heteroatoms. The Bertz CT molecular complexity index is 895. The molecule has 14 N–H and O–H groups in total. The van der Waals surface area contributed by atoms with Crippen LogP contribution >= 0.6 is 0 Å². The number of aldehydes is 1. The molecule has 45 heavy (non-hydrogen) atoms. The minimum Gasteiger partial charge on any atom is -0.394 e. The summed E-state index contributed by atoms with van der Waals surface area (Å²) in [6.45, 7) is -3.71. The van der Waals surface area contributed by atoms with Crippen LogP contribution < -0.4 is 0 Å². The SMILES string of the molecule is O=C[C@@H](O)[C@@H](O)[C@H](O[C@@H]1O[C@H](CO)[C@@H](O[C@@H]2O[C@H](CO)[C@@H](O[C@@H]3O[C@H](CO)[C@@H](O)[C@H](O)[C@@H]3O)[C@H](O)[C@@H]2O)[C@H](O)[C@@H]1O)[C@H](O)CO. The van der Waals surface area contributed by atoms with Crippen molar-refractivity contribution in [2.75, 3.05) is 26.4 Å². The van der Waals surface area contributed by atoms with Crippen LogP contribution in [0.15, 0.2) is 0 Å². The molecule has 3 aliphatic rings. The number of rotatable bonds is 14. The molecule has 0 saturated carbocycles. The number of hydrogen-bond donors (Lipinski definition) is 14. The summed E-state index contributed by atoms with van der Waals surface area (Å²) in [6.07, 6.45) is -35.6. The number of aliphatic hydroxyl groups is 14. The molecular formula is C24H42O21. The second kappa shape index (κ2) is 16.8. The smallest absolute Gasteiger partial charge is 0.187 e. The topological polar surface area (TPSA) is 356 Å². The second-order valence-electron chi connectivity index (χ2n) is 10.8. The van der Waals surface area contributed by atoms with Crippen LogP contribution in [0.25, 0.3) is 0 Å². The molecule has 0 bridgehead atoms. The zero-order valence-corrected chi connectivity index (χ0v) is 23.5. The monoisotopic (exact) mass is 666 g/mol. The normalized spacial score (nSPS) is 45.4. The maximum absolute atomic E-state index is 10.9. The summed E-state index contributed by atoms with van der Waals surface area (Å²) < 4.78 is 32.3. The molecule has 0 aliphatic carbocycles. The second-order valence-corrected chi connectivity index (χ2v) is 10.8. The minimum absolute atomic E-state index is 0.0957. The Kier molecular flexibility index (Phi) is 14.3. The van der Waals surface area contributed by atoms with Gasteiger partial charge in [-0.05, 0) is 0 Å². The van der Waals surface area contributed by atoms with E-state index in [9.17, 15) is 76.3 Å². The Hall–Kier alpha value is -1.13. The van der Waals surface area contributed by atoms with Gasteiger partial charge in [-0.3, -0.25) is 0 Å². The van der Waals surface area contributed by atoms with Gasteiger partial charge >= 0.3 is 0 Å². The summed E-state index contributed by atoms with van der Waals surface area (Å²) in [6, 6.07) is 0. The third-order valence-corrected chi connectivity index (χ3v) is 7.76. The first-order chi connectivity index (χ1) is 21.2. The molecule has 3 saturated heterocycles. The van der Waals surface area contributed by atoms with E-state index in [1.54, 1.807) is 0 Å². The van der Waals surface area contributed by atoms with E-state index < -0.39 is 143 Å². The van der Waals surface area contributed by atoms with E-state index in [0.29, 0.717) is 0 Å². The Labute approximate surface area is 254 Å². The van der Waals surface area contributed by atoms with E-state index >= 15 is 0 Å². The zero-order valence-electron chi connectivity index (χ0n) is 23.5. The summed E-state index contributed by atoms with van der Waals surface area (Å²) >= 11 is 0. The lowest BCUT2D eigenvalue weighted by Crippen LogP contribution is -2.67. The van der Waals surface area contributed by atoms with E-state index in [2.05, 4.69) is 0 Å². The van der Waals surface area contributed by atoms with E-state index in [1.807, 2.05) is 0 Å². The van der Waals surface area contributed by atoms with Gasteiger partial charge in [0.05, 0.1) is 26.4 Å². The van der Waals surface area contributed by atoms with Crippen molar-refractivity contribution in [3.8, 4) is 0 Å². The average molecular weight is 667 g/mol. The van der Waals surface area contributed by atoms with Gasteiger partial charge in [0.2, 0.25) is 0 Å². The maximum atomic E-state index is 10.9. The van der Waals surface area contributed by atoms with Crippen molar-refractivity contribution >= 4 is 6.29 Å². The van der Waals surface area contributed by atoms with Gasteiger partial charge in [0.25, 0.3) is 0 Å². The van der Waals surface area contributed by atoms with E-state index in [1.165, 1.54) is 0 Å². The van der Waals surface area contributed by atoms with Crippen molar-refractivity contribution in [1.82, 2.24) is 0 Å². The van der Waals surface area contributed by atoms with Crippen LogP contribution in [0, 0.1) is 0 Å². The first-order valence-electron chi connectivity index (χ1n) is 13.9. The van der Waals surface area contributed by atoms with Crippen molar-refractivity contribution in [1.29, 1.82) is 0 Å². The van der Waals surface area contributed by atoms with E-state index in [4.69, 9.17) is 28.4 Å². The lowest BCUT2D eigenvalue weighted by molar-refractivity contribution is -0.383. The zero-order chi connectivity index (χ0) is 33.7. The molecule has 3 fully saturated rings. The fraction of sp³-hybridized carbons (Fsp3) is 0.958. The molecule has 0 spiro atoms. The van der Waals surface area contributed by atoms with E-state index in [0.717, 1.165) is 0 Å². The standard InChI is InChI=1S/C24H42O21/c25-1-6(30)11(32)19(7(31)2-26)43-23-17(38)14(35)21(9(4-28)41-23)45-24-18(39)15(36)20(10(5-29)42-24)44-22-16(37)13(34)12(33)8(3-27)40-22/h1,6-24,26-39H,2-5H2/t6-,7-,8-,9-,10-,11-,12-,13+,14-,15-,16+,17+,18+,19-,20-,21-,22+,23+,24+/m1/s1. The quantitative estimate of drug-likeness (QED) is 0.0765. The number of ether oxygens (including phenoxy) is 6. The minimum atomic E-state index is -2.14. The average Bonchev–Trinajstić information content (AvgIpc) is 3.04. The molecule has 264 valence electrons. The summed E-state index contributed by atoms with van der Waals surface area (Å²) in [4.78, 5) is 10.9. The Morgan fingerprint density at radius 2 is 1.00 bits per heavy atom. The van der Waals surface area contributed by atoms with Gasteiger partial charge < -0.3 is 105 Å². The van der Waals surface area contributed by atoms with Gasteiger partial charge in [0, 0.05) is 0 Å². The van der Waals surface area contributed by atoms with Crippen LogP contribution in [-0.4, -0.2) is 221 Å². The molecule has 19 atom stereocenters. The van der Waals surface area contributed by atoms with E-state index in [-0.39, 0.29) is 6.29 Å². The molecule has 0 aromatic heterocycles. The van der Waals surface area contributed by atoms with Gasteiger partial charge in [-0.1, -0.05) is 0 Å². The number of carbonyl (C=O) groups excluding carboxylic acids is 1. The van der Waals surface area contributed by atoms with Crippen LogP contribution in [0.5, 0.6) is 0 Å². The molecule has 0 unspecified atom stereocenters. The van der Waals surface area contributed by atoms with Crippen LogP contribution in [0.2, 0.25) is 0 Å². The largest absolute Gasteiger partial charge is 0.394 e. The third kappa shape index (κ3) is 8.30. The third-order valence-electron chi connectivity index (χ3n) is 7.76. The van der Waals surface area contributed by atoms with Crippen LogP contribution in [0.3, 0.4) is 0 Å². The summed E-state index contributed by atoms with van der Waals surface area (Å²) in [5.41, 5.74) is 0.